The molecule has 0 bridgehead atoms. The van der Waals surface area contributed by atoms with E-state index >= 15 is 0 Å². The van der Waals surface area contributed by atoms with E-state index < -0.39 is 16.6 Å². The molecule has 4 saturated carbocycles. The molecule has 4 fully saturated rings. The number of rotatable bonds is 9. The van der Waals surface area contributed by atoms with Crippen LogP contribution in [0.4, 0.5) is 0 Å². The molecule has 9 rings (SSSR count). The van der Waals surface area contributed by atoms with E-state index in [0.29, 0.717) is 5.92 Å². The number of hydrogen-bond donors (Lipinski definition) is 0. The molecule has 286 valence electrons. The quantitative estimate of drug-likeness (QED) is 0.116. The number of hydrogen-bond acceptors (Lipinski definition) is 0. The predicted molar refractivity (Wildman–Crippen MR) is 240 cm³/mol. The molecule has 0 N–H and O–H groups in total. The van der Waals surface area contributed by atoms with Gasteiger partial charge in [0.15, 0.2) is 0 Å². The van der Waals surface area contributed by atoms with Gasteiger partial charge >= 0.3 is 26.2 Å². The van der Waals surface area contributed by atoms with Crippen LogP contribution in [0, 0.1) is 71.1 Å². The molecule has 3 heteroatoms. The summed E-state index contributed by atoms with van der Waals surface area (Å²) in [6.45, 7) is 5.14. The van der Waals surface area contributed by atoms with Gasteiger partial charge in [-0.15, -0.1) is 0 Å². The van der Waals surface area contributed by atoms with Gasteiger partial charge in [-0.05, 0) is 94.0 Å². The first-order chi connectivity index (χ1) is 24.2. The van der Waals surface area contributed by atoms with Crippen molar-refractivity contribution >= 4 is 27.0 Å². The summed E-state index contributed by atoms with van der Waals surface area (Å²) in [5.74, 6) is 6.83. The van der Waals surface area contributed by atoms with E-state index in [4.69, 9.17) is 0 Å². The number of unbranched alkanes of at least 4 members (excludes halogenated alkanes) is 1. The SMILES string of the molecule is CCCCC1CCC([SiH](c2ccccc2)[SiH](c2ccccc2)C2C(C)CC3C2CC2CCCC2C3C2c3ccccc3-c3ccccc32)C1.[CH3-].[CH3-].[CH3-].[CH3-].[Zr+4]. The molecule has 11 atom stereocenters. The minimum absolute atomic E-state index is 0. The van der Waals surface area contributed by atoms with Gasteiger partial charge in [0.1, 0.15) is 0 Å². The zero-order chi connectivity index (χ0) is 32.9. The molecule has 0 saturated heterocycles. The van der Waals surface area contributed by atoms with Gasteiger partial charge < -0.3 is 29.7 Å². The Bertz CT molecular complexity index is 1680. The van der Waals surface area contributed by atoms with Crippen molar-refractivity contribution in [2.45, 2.75) is 101 Å². The van der Waals surface area contributed by atoms with Crippen LogP contribution in [0.5, 0.6) is 0 Å². The fourth-order valence-electron chi connectivity index (χ4n) is 13.5. The number of fused-ring (bicyclic) bond motifs is 5. The topological polar surface area (TPSA) is 0 Å². The molecule has 0 amide bonds. The molecule has 0 radical (unpaired) electrons. The summed E-state index contributed by atoms with van der Waals surface area (Å²) in [7, 11) is -2.60. The molecule has 0 nitrogen and oxygen atoms in total. The smallest absolute Gasteiger partial charge is 0.358 e. The molecule has 5 aliphatic carbocycles. The molecule has 0 aliphatic heterocycles. The summed E-state index contributed by atoms with van der Waals surface area (Å²) in [5, 5.41) is 3.66. The van der Waals surface area contributed by atoms with Crippen LogP contribution < -0.4 is 10.4 Å². The first-order valence-electron chi connectivity index (χ1n) is 20.5. The van der Waals surface area contributed by atoms with Gasteiger partial charge in [-0.25, -0.2) is 0 Å². The van der Waals surface area contributed by atoms with Gasteiger partial charge in [0.2, 0.25) is 0 Å². The largest absolute Gasteiger partial charge is 4.00 e. The van der Waals surface area contributed by atoms with E-state index in [0.717, 1.165) is 52.5 Å². The van der Waals surface area contributed by atoms with Gasteiger partial charge in [0.25, 0.3) is 0 Å². The molecule has 0 spiro atoms. The Morgan fingerprint density at radius 2 is 1.15 bits per heavy atom. The second-order valence-electron chi connectivity index (χ2n) is 17.4. The van der Waals surface area contributed by atoms with Crippen LogP contribution in [-0.4, -0.2) is 16.6 Å². The van der Waals surface area contributed by atoms with E-state index in [1.165, 1.54) is 81.8 Å². The van der Waals surface area contributed by atoms with Crippen LogP contribution in [0.25, 0.3) is 11.1 Å². The van der Waals surface area contributed by atoms with Crippen molar-refractivity contribution in [3.8, 4) is 11.1 Å². The summed E-state index contributed by atoms with van der Waals surface area (Å²) in [5.41, 5.74) is 8.32. The average Bonchev–Trinajstić information content (AvgIpc) is 3.94. The fourth-order valence-corrected chi connectivity index (χ4v) is 30.8. The Hall–Kier alpha value is -1.80. The van der Waals surface area contributed by atoms with Crippen molar-refractivity contribution in [3.63, 3.8) is 0 Å². The molecule has 11 unspecified atom stereocenters. The molecular formula is C51H70Si2Zr. The summed E-state index contributed by atoms with van der Waals surface area (Å²) < 4.78 is 0. The van der Waals surface area contributed by atoms with Crippen LogP contribution in [0.2, 0.25) is 11.1 Å². The second-order valence-corrected chi connectivity index (χ2v) is 26.9. The molecule has 0 heterocycles. The first-order valence-corrected chi connectivity index (χ1v) is 25.6. The maximum Gasteiger partial charge on any atom is 4.00 e. The maximum absolute atomic E-state index is 2.75. The van der Waals surface area contributed by atoms with Crippen LogP contribution in [0.15, 0.2) is 109 Å². The minimum atomic E-state index is -1.34. The Balaban J connectivity index is 0.00000130. The van der Waals surface area contributed by atoms with Crippen molar-refractivity contribution in [3.05, 3.63) is 150 Å². The predicted octanol–water partition coefficient (Wildman–Crippen LogP) is 12.4. The normalized spacial score (nSPS) is 30.0. The molecule has 4 aromatic rings. The van der Waals surface area contributed by atoms with E-state index in [1.54, 1.807) is 11.1 Å². The van der Waals surface area contributed by atoms with Gasteiger partial charge in [-0.1, -0.05) is 185 Å². The van der Waals surface area contributed by atoms with Gasteiger partial charge in [0, 0.05) is 5.92 Å². The third-order valence-electron chi connectivity index (χ3n) is 15.1. The van der Waals surface area contributed by atoms with E-state index in [-0.39, 0.29) is 55.9 Å². The van der Waals surface area contributed by atoms with Gasteiger partial charge in [0.05, 0.1) is 16.6 Å². The Morgan fingerprint density at radius 1 is 0.574 bits per heavy atom. The monoisotopic (exact) mass is 828 g/mol. The third kappa shape index (κ3) is 8.00. The Morgan fingerprint density at radius 3 is 1.76 bits per heavy atom. The Kier molecular flexibility index (Phi) is 16.3. The molecule has 0 aromatic heterocycles. The first kappa shape index (κ1) is 44.9. The van der Waals surface area contributed by atoms with Crippen molar-refractivity contribution in [1.29, 1.82) is 0 Å². The summed E-state index contributed by atoms with van der Waals surface area (Å²) in [6.07, 6.45) is 16.2. The fraction of sp³-hybridized carbons (Fsp3) is 0.451. The van der Waals surface area contributed by atoms with Crippen LogP contribution in [-0.2, 0) is 26.2 Å². The van der Waals surface area contributed by atoms with E-state index in [2.05, 4.69) is 123 Å². The van der Waals surface area contributed by atoms with E-state index in [9.17, 15) is 0 Å². The second kappa shape index (κ2) is 19.6. The van der Waals surface area contributed by atoms with Gasteiger partial charge in [-0.2, -0.15) is 0 Å². The van der Waals surface area contributed by atoms with Gasteiger partial charge in [-0.3, -0.25) is 0 Å². The van der Waals surface area contributed by atoms with E-state index in [1.807, 2.05) is 10.4 Å². The number of benzene rings is 4. The zero-order valence-electron chi connectivity index (χ0n) is 34.6. The summed E-state index contributed by atoms with van der Waals surface area (Å²) >= 11 is 0. The molecule has 4 aromatic carbocycles. The third-order valence-corrected chi connectivity index (χ3v) is 29.4. The zero-order valence-corrected chi connectivity index (χ0v) is 39.4. The van der Waals surface area contributed by atoms with Crippen LogP contribution in [0.1, 0.15) is 102 Å². The van der Waals surface area contributed by atoms with Crippen molar-refractivity contribution in [2.75, 3.05) is 0 Å². The minimum Gasteiger partial charge on any atom is -0.358 e. The van der Waals surface area contributed by atoms with Crippen molar-refractivity contribution < 1.29 is 26.2 Å². The molecule has 54 heavy (non-hydrogen) atoms. The molecular weight excluding hydrogens is 760 g/mol. The standard InChI is InChI=1S/C47H58Si2.4CH3.Zr/c1-3-4-16-33-27-28-37(30-33)48(35-18-7-5-8-19-35)49(36-20-9-6-10-21-36)47-32(2)29-43-44(47)31-34-17-15-26-38(34)45(43)46-41-24-13-11-22-39(41)40-23-12-14-25-42(40)46;;;;;/h5-14,18-25,32-34,37-38,43-49H,3-4,15-17,26-31H2,1-2H3;4*1H3;/q;4*-1;+4. The van der Waals surface area contributed by atoms with Crippen molar-refractivity contribution in [1.82, 2.24) is 0 Å². The van der Waals surface area contributed by atoms with Crippen molar-refractivity contribution in [2.24, 2.45) is 41.4 Å². The average molecular weight is 831 g/mol. The summed E-state index contributed by atoms with van der Waals surface area (Å²) in [4.78, 5) is 0. The summed E-state index contributed by atoms with van der Waals surface area (Å²) in [6, 6.07) is 43.8. The van der Waals surface area contributed by atoms with Crippen LogP contribution in [0.3, 0.4) is 0 Å². The molecule has 5 aliphatic rings. The maximum atomic E-state index is 2.75. The van der Waals surface area contributed by atoms with Crippen LogP contribution >= 0.6 is 0 Å². The Labute approximate surface area is 354 Å².